The van der Waals surface area contributed by atoms with E-state index in [4.69, 9.17) is 13.9 Å². The fourth-order valence-corrected chi connectivity index (χ4v) is 2.23. The predicted octanol–water partition coefficient (Wildman–Crippen LogP) is 4.07. The maximum Gasteiger partial charge on any atom is 0.374 e. The van der Waals surface area contributed by atoms with Crippen LogP contribution in [0.1, 0.15) is 16.3 Å². The van der Waals surface area contributed by atoms with E-state index in [0.717, 1.165) is 18.2 Å². The largest absolute Gasteiger partial charge is 0.486 e. The molecule has 0 atom stereocenters. The minimum absolute atomic E-state index is 0.0156. The lowest BCUT2D eigenvalue weighted by Gasteiger charge is -2.07. The van der Waals surface area contributed by atoms with Gasteiger partial charge >= 0.3 is 5.97 Å². The summed E-state index contributed by atoms with van der Waals surface area (Å²) in [6, 6.07) is 10.7. The van der Waals surface area contributed by atoms with Crippen LogP contribution in [-0.4, -0.2) is 18.5 Å². The number of nitrogens with one attached hydrogen (secondary N) is 1. The minimum atomic E-state index is -0.923. The van der Waals surface area contributed by atoms with E-state index in [1.165, 1.54) is 36.4 Å². The Labute approximate surface area is 162 Å². The number of carbonyl (C=O) groups is 2. The van der Waals surface area contributed by atoms with Crippen LogP contribution in [0.3, 0.4) is 0 Å². The summed E-state index contributed by atoms with van der Waals surface area (Å²) in [4.78, 5) is 23.7. The van der Waals surface area contributed by atoms with Gasteiger partial charge in [-0.2, -0.15) is 0 Å². The lowest BCUT2D eigenvalue weighted by molar-refractivity contribution is -0.119. The van der Waals surface area contributed by atoms with Crippen LogP contribution < -0.4 is 10.1 Å². The summed E-state index contributed by atoms with van der Waals surface area (Å²) < 4.78 is 54.8. The van der Waals surface area contributed by atoms with E-state index < -0.39 is 35.9 Å². The molecule has 0 unspecified atom stereocenters. The lowest BCUT2D eigenvalue weighted by Crippen LogP contribution is -2.21. The predicted molar refractivity (Wildman–Crippen MR) is 94.7 cm³/mol. The van der Waals surface area contributed by atoms with Crippen molar-refractivity contribution < 1.29 is 36.7 Å². The molecule has 1 amide bonds. The monoisotopic (exact) mass is 405 g/mol. The Morgan fingerprint density at radius 1 is 0.931 bits per heavy atom. The summed E-state index contributed by atoms with van der Waals surface area (Å²) in [5.74, 6) is -3.20. The van der Waals surface area contributed by atoms with Crippen molar-refractivity contribution in [3.63, 3.8) is 0 Å². The number of hydrogen-bond donors (Lipinski definition) is 1. The summed E-state index contributed by atoms with van der Waals surface area (Å²) in [7, 11) is 0. The van der Waals surface area contributed by atoms with Crippen LogP contribution in [0.5, 0.6) is 5.75 Å². The first-order valence-corrected chi connectivity index (χ1v) is 8.30. The zero-order valence-electron chi connectivity index (χ0n) is 14.8. The van der Waals surface area contributed by atoms with Crippen LogP contribution in [0.15, 0.2) is 59.0 Å². The van der Waals surface area contributed by atoms with E-state index in [-0.39, 0.29) is 18.1 Å². The molecule has 0 aliphatic heterocycles. The number of ether oxygens (including phenoxy) is 2. The van der Waals surface area contributed by atoms with Crippen molar-refractivity contribution in [2.24, 2.45) is 0 Å². The molecule has 3 aromatic rings. The van der Waals surface area contributed by atoms with E-state index >= 15 is 0 Å². The number of hydrogen-bond acceptors (Lipinski definition) is 5. The number of esters is 1. The third-order valence-electron chi connectivity index (χ3n) is 3.59. The fourth-order valence-electron chi connectivity index (χ4n) is 2.23. The average Bonchev–Trinajstić information content (AvgIpc) is 3.18. The molecule has 0 spiro atoms. The molecule has 0 radical (unpaired) electrons. The Bertz CT molecular complexity index is 1020. The number of carbonyl (C=O) groups excluding carboxylic acids is 2. The Morgan fingerprint density at radius 2 is 1.66 bits per heavy atom. The fraction of sp³-hybridized carbons (Fsp3) is 0.100. The smallest absolute Gasteiger partial charge is 0.374 e. The van der Waals surface area contributed by atoms with Crippen LogP contribution in [0.2, 0.25) is 0 Å². The molecule has 9 heteroatoms. The van der Waals surface area contributed by atoms with Crippen molar-refractivity contribution in [1.82, 2.24) is 0 Å². The molecular weight excluding hydrogens is 391 g/mol. The molecule has 0 fully saturated rings. The van der Waals surface area contributed by atoms with Gasteiger partial charge in [-0.25, -0.2) is 18.0 Å². The van der Waals surface area contributed by atoms with Gasteiger partial charge in [0, 0.05) is 6.07 Å². The highest BCUT2D eigenvalue weighted by molar-refractivity contribution is 5.94. The summed E-state index contributed by atoms with van der Waals surface area (Å²) in [5.41, 5.74) is -0.371. The third kappa shape index (κ3) is 5.61. The van der Waals surface area contributed by atoms with E-state index in [9.17, 15) is 22.8 Å². The number of rotatable bonds is 7. The van der Waals surface area contributed by atoms with Crippen LogP contribution in [0.4, 0.5) is 18.9 Å². The van der Waals surface area contributed by atoms with E-state index in [2.05, 4.69) is 5.32 Å². The molecule has 0 aliphatic carbocycles. The Morgan fingerprint density at radius 3 is 2.41 bits per heavy atom. The maximum atomic E-state index is 13.5. The molecule has 3 rings (SSSR count). The Balaban J connectivity index is 1.48. The van der Waals surface area contributed by atoms with Crippen molar-refractivity contribution in [1.29, 1.82) is 0 Å². The van der Waals surface area contributed by atoms with Gasteiger partial charge in [-0.1, -0.05) is 0 Å². The summed E-state index contributed by atoms with van der Waals surface area (Å²) in [5, 5.41) is 2.10. The van der Waals surface area contributed by atoms with Gasteiger partial charge in [-0.3, -0.25) is 4.79 Å². The molecule has 1 N–H and O–H groups in total. The minimum Gasteiger partial charge on any atom is -0.486 e. The molecule has 1 aromatic heterocycles. The second-order valence-corrected chi connectivity index (χ2v) is 5.76. The topological polar surface area (TPSA) is 77.8 Å². The van der Waals surface area contributed by atoms with Crippen LogP contribution in [0, 0.1) is 17.5 Å². The molecule has 0 bridgehead atoms. The highest BCUT2D eigenvalue weighted by atomic mass is 19.1. The maximum absolute atomic E-state index is 13.5. The Hall–Kier alpha value is -3.75. The summed E-state index contributed by atoms with van der Waals surface area (Å²) >= 11 is 0. The molecule has 150 valence electrons. The third-order valence-corrected chi connectivity index (χ3v) is 3.59. The summed E-state index contributed by atoms with van der Waals surface area (Å²) in [6.07, 6.45) is 0. The SMILES string of the molecule is O=C(COC(=O)c1ccc(COc2ccc(F)cc2)o1)Nc1cc(F)ccc1F. The van der Waals surface area contributed by atoms with Gasteiger partial charge in [0.05, 0.1) is 5.69 Å². The number of benzene rings is 2. The van der Waals surface area contributed by atoms with Gasteiger partial charge in [-0.05, 0) is 48.5 Å². The first-order chi connectivity index (χ1) is 13.9. The van der Waals surface area contributed by atoms with Crippen molar-refractivity contribution in [3.05, 3.63) is 83.6 Å². The molecule has 2 aromatic carbocycles. The molecule has 6 nitrogen and oxygen atoms in total. The van der Waals surface area contributed by atoms with Gasteiger partial charge in [0.25, 0.3) is 5.91 Å². The van der Waals surface area contributed by atoms with Crippen molar-refractivity contribution in [2.45, 2.75) is 6.61 Å². The number of anilines is 1. The van der Waals surface area contributed by atoms with Crippen LogP contribution in [-0.2, 0) is 16.1 Å². The summed E-state index contributed by atoms with van der Waals surface area (Å²) in [6.45, 7) is -0.741. The molecule has 0 saturated carbocycles. The highest BCUT2D eigenvalue weighted by Gasteiger charge is 2.16. The van der Waals surface area contributed by atoms with Gasteiger partial charge < -0.3 is 19.2 Å². The second kappa shape index (κ2) is 8.96. The van der Waals surface area contributed by atoms with Gasteiger partial charge in [0.1, 0.15) is 35.6 Å². The number of amides is 1. The van der Waals surface area contributed by atoms with Crippen molar-refractivity contribution >= 4 is 17.6 Å². The standard InChI is InChI=1S/C20H14F3NO5/c21-12-1-4-14(5-2-12)27-10-15-6-8-18(29-15)20(26)28-11-19(25)24-17-9-13(22)3-7-16(17)23/h1-9H,10-11H2,(H,24,25). The number of halogens is 3. The highest BCUT2D eigenvalue weighted by Crippen LogP contribution is 2.17. The quantitative estimate of drug-likeness (QED) is 0.600. The van der Waals surface area contributed by atoms with Gasteiger partial charge in [0.15, 0.2) is 6.61 Å². The normalized spacial score (nSPS) is 10.4. The first kappa shape index (κ1) is 20.0. The number of furan rings is 1. The van der Waals surface area contributed by atoms with E-state index in [1.807, 2.05) is 0 Å². The molecule has 0 aliphatic rings. The second-order valence-electron chi connectivity index (χ2n) is 5.76. The zero-order valence-corrected chi connectivity index (χ0v) is 14.8. The Kier molecular flexibility index (Phi) is 6.18. The molecular formula is C20H14F3NO5. The van der Waals surface area contributed by atoms with E-state index in [0.29, 0.717) is 11.5 Å². The van der Waals surface area contributed by atoms with Gasteiger partial charge in [0.2, 0.25) is 5.76 Å². The van der Waals surface area contributed by atoms with Gasteiger partial charge in [-0.15, -0.1) is 0 Å². The van der Waals surface area contributed by atoms with Crippen molar-refractivity contribution in [2.75, 3.05) is 11.9 Å². The molecule has 29 heavy (non-hydrogen) atoms. The average molecular weight is 405 g/mol. The first-order valence-electron chi connectivity index (χ1n) is 8.30. The van der Waals surface area contributed by atoms with Crippen LogP contribution in [0.25, 0.3) is 0 Å². The van der Waals surface area contributed by atoms with E-state index in [1.54, 1.807) is 0 Å². The molecule has 0 saturated heterocycles. The zero-order chi connectivity index (χ0) is 20.8. The van der Waals surface area contributed by atoms with Crippen molar-refractivity contribution in [3.8, 4) is 5.75 Å². The molecule has 1 heterocycles. The lowest BCUT2D eigenvalue weighted by atomic mass is 10.3. The van der Waals surface area contributed by atoms with Crippen LogP contribution >= 0.6 is 0 Å².